The van der Waals surface area contributed by atoms with E-state index in [0.717, 1.165) is 16.8 Å². The molecule has 140 valence electrons. The highest BCUT2D eigenvalue weighted by molar-refractivity contribution is 7.89. The van der Waals surface area contributed by atoms with Crippen molar-refractivity contribution in [3.63, 3.8) is 0 Å². The predicted molar refractivity (Wildman–Crippen MR) is 109 cm³/mol. The number of pyridine rings is 1. The number of sulfonamides is 1. The molecule has 0 saturated heterocycles. The number of hydrogen-bond acceptors (Lipinski definition) is 3. The van der Waals surface area contributed by atoms with E-state index in [2.05, 4.69) is 4.98 Å². The summed E-state index contributed by atoms with van der Waals surface area (Å²) in [5, 5.41) is 0. The monoisotopic (exact) mass is 380 g/mol. The van der Waals surface area contributed by atoms with Crippen molar-refractivity contribution in [2.75, 3.05) is 12.3 Å². The highest BCUT2D eigenvalue weighted by Gasteiger charge is 2.22. The van der Waals surface area contributed by atoms with Crippen LogP contribution in [0.1, 0.15) is 16.8 Å². The van der Waals surface area contributed by atoms with Crippen LogP contribution in [0.5, 0.6) is 0 Å². The van der Waals surface area contributed by atoms with Crippen molar-refractivity contribution >= 4 is 10.0 Å². The summed E-state index contributed by atoms with van der Waals surface area (Å²) < 4.78 is 27.6. The molecule has 0 aliphatic carbocycles. The first kappa shape index (κ1) is 19.3. The van der Waals surface area contributed by atoms with Gasteiger partial charge in [0.25, 0.3) is 0 Å². The number of rotatable bonds is 9. The van der Waals surface area contributed by atoms with E-state index in [9.17, 15) is 8.42 Å². The van der Waals surface area contributed by atoms with E-state index in [-0.39, 0.29) is 5.75 Å². The summed E-state index contributed by atoms with van der Waals surface area (Å²) in [6, 6.07) is 25.3. The summed E-state index contributed by atoms with van der Waals surface area (Å²) in [6.45, 7) is 0.739. The summed E-state index contributed by atoms with van der Waals surface area (Å²) in [5.41, 5.74) is 2.91. The zero-order valence-corrected chi connectivity index (χ0v) is 16.1. The van der Waals surface area contributed by atoms with Gasteiger partial charge in [0, 0.05) is 12.7 Å². The summed E-state index contributed by atoms with van der Waals surface area (Å²) in [4.78, 5) is 4.30. The maximum Gasteiger partial charge on any atom is 0.214 e. The van der Waals surface area contributed by atoms with Gasteiger partial charge in [-0.3, -0.25) is 4.98 Å². The smallest absolute Gasteiger partial charge is 0.214 e. The fourth-order valence-corrected chi connectivity index (χ4v) is 4.36. The topological polar surface area (TPSA) is 50.3 Å². The van der Waals surface area contributed by atoms with Crippen LogP contribution in [0, 0.1) is 0 Å². The molecular formula is C22H24N2O2S. The van der Waals surface area contributed by atoms with E-state index in [0.29, 0.717) is 25.9 Å². The zero-order chi connectivity index (χ0) is 19.0. The maximum absolute atomic E-state index is 13.0. The fourth-order valence-electron chi connectivity index (χ4n) is 2.91. The molecule has 27 heavy (non-hydrogen) atoms. The summed E-state index contributed by atoms with van der Waals surface area (Å²) in [5.74, 6) is 0.0959. The molecule has 2 aromatic carbocycles. The number of aryl methyl sites for hydroxylation is 1. The van der Waals surface area contributed by atoms with Crippen molar-refractivity contribution in [2.24, 2.45) is 0 Å². The summed E-state index contributed by atoms with van der Waals surface area (Å²) >= 11 is 0. The van der Waals surface area contributed by atoms with Gasteiger partial charge in [-0.2, -0.15) is 4.31 Å². The van der Waals surface area contributed by atoms with Gasteiger partial charge in [-0.15, -0.1) is 0 Å². The normalized spacial score (nSPS) is 11.6. The molecule has 1 aromatic heterocycles. The number of aromatic nitrogens is 1. The van der Waals surface area contributed by atoms with Crippen LogP contribution in [-0.4, -0.2) is 30.0 Å². The summed E-state index contributed by atoms with van der Waals surface area (Å²) in [7, 11) is -3.40. The van der Waals surface area contributed by atoms with Gasteiger partial charge in [0.2, 0.25) is 10.0 Å². The quantitative estimate of drug-likeness (QED) is 0.569. The van der Waals surface area contributed by atoms with E-state index >= 15 is 0 Å². The number of nitrogens with zero attached hydrogens (tertiary/aromatic N) is 2. The van der Waals surface area contributed by atoms with E-state index in [4.69, 9.17) is 0 Å². The van der Waals surface area contributed by atoms with Crippen LogP contribution < -0.4 is 0 Å². The van der Waals surface area contributed by atoms with Gasteiger partial charge < -0.3 is 0 Å². The lowest BCUT2D eigenvalue weighted by molar-refractivity contribution is 0.405. The van der Waals surface area contributed by atoms with E-state index in [1.165, 1.54) is 0 Å². The molecule has 4 nitrogen and oxygen atoms in total. The molecule has 0 unspecified atom stereocenters. The molecule has 0 aliphatic rings. The zero-order valence-electron chi connectivity index (χ0n) is 15.2. The van der Waals surface area contributed by atoms with Gasteiger partial charge in [-0.1, -0.05) is 66.7 Å². The Hall–Kier alpha value is -2.50. The van der Waals surface area contributed by atoms with Gasteiger partial charge in [0.1, 0.15) is 0 Å². The van der Waals surface area contributed by atoms with Gasteiger partial charge in [0.05, 0.1) is 18.0 Å². The second-order valence-corrected chi connectivity index (χ2v) is 8.53. The molecule has 0 fully saturated rings. The van der Waals surface area contributed by atoms with E-state index < -0.39 is 10.0 Å². The third-order valence-electron chi connectivity index (χ3n) is 4.44. The standard InChI is InChI=1S/C22H24N2O2S/c25-27(26,18-15-21-11-5-2-6-12-21)24(19-22-13-7-8-16-23-22)17-14-20-9-3-1-4-10-20/h1-13,16H,14-15,17-19H2. The van der Waals surface area contributed by atoms with Crippen molar-refractivity contribution < 1.29 is 8.42 Å². The SMILES string of the molecule is O=S(=O)(CCc1ccccc1)N(CCc1ccccc1)Cc1ccccn1. The lowest BCUT2D eigenvalue weighted by atomic mass is 10.1. The molecule has 0 N–H and O–H groups in total. The molecule has 3 rings (SSSR count). The molecule has 1 heterocycles. The Morgan fingerprint density at radius 2 is 1.33 bits per heavy atom. The highest BCUT2D eigenvalue weighted by atomic mass is 32.2. The Labute approximate surface area is 161 Å². The minimum atomic E-state index is -3.40. The minimum Gasteiger partial charge on any atom is -0.260 e. The van der Waals surface area contributed by atoms with Crippen molar-refractivity contribution in [1.82, 2.24) is 9.29 Å². The van der Waals surface area contributed by atoms with Crippen LogP contribution in [0.15, 0.2) is 85.1 Å². The lowest BCUT2D eigenvalue weighted by Gasteiger charge is -2.22. The van der Waals surface area contributed by atoms with Crippen LogP contribution in [0.25, 0.3) is 0 Å². The number of hydrogen-bond donors (Lipinski definition) is 0. The van der Waals surface area contributed by atoms with Crippen LogP contribution in [-0.2, 0) is 29.4 Å². The molecule has 0 saturated carbocycles. The average Bonchev–Trinajstić information content (AvgIpc) is 2.72. The molecular weight excluding hydrogens is 356 g/mol. The Kier molecular flexibility index (Phi) is 6.74. The Bertz CT molecular complexity index is 914. The minimum absolute atomic E-state index is 0.0959. The average molecular weight is 381 g/mol. The molecule has 0 bridgehead atoms. The second-order valence-electron chi connectivity index (χ2n) is 6.44. The molecule has 5 heteroatoms. The molecule has 0 radical (unpaired) electrons. The van der Waals surface area contributed by atoms with Gasteiger partial charge in [-0.05, 0) is 36.1 Å². The van der Waals surface area contributed by atoms with Crippen molar-refractivity contribution in [2.45, 2.75) is 19.4 Å². The first-order chi connectivity index (χ1) is 13.1. The molecule has 3 aromatic rings. The second kappa shape index (κ2) is 9.44. The van der Waals surface area contributed by atoms with Crippen molar-refractivity contribution in [3.05, 3.63) is 102 Å². The Morgan fingerprint density at radius 3 is 1.93 bits per heavy atom. The third-order valence-corrected chi connectivity index (χ3v) is 6.26. The first-order valence-electron chi connectivity index (χ1n) is 9.09. The van der Waals surface area contributed by atoms with E-state index in [1.54, 1.807) is 10.5 Å². The first-order valence-corrected chi connectivity index (χ1v) is 10.7. The third kappa shape index (κ3) is 6.01. The molecule has 0 amide bonds. The maximum atomic E-state index is 13.0. The van der Waals surface area contributed by atoms with Crippen LogP contribution in [0.4, 0.5) is 0 Å². The Morgan fingerprint density at radius 1 is 0.741 bits per heavy atom. The largest absolute Gasteiger partial charge is 0.260 e. The van der Waals surface area contributed by atoms with Crippen molar-refractivity contribution in [3.8, 4) is 0 Å². The summed E-state index contributed by atoms with van der Waals surface area (Å²) in [6.07, 6.45) is 2.88. The Balaban J connectivity index is 1.72. The highest BCUT2D eigenvalue weighted by Crippen LogP contribution is 2.13. The molecule has 0 aliphatic heterocycles. The van der Waals surface area contributed by atoms with Gasteiger partial charge in [0.15, 0.2) is 0 Å². The van der Waals surface area contributed by atoms with Gasteiger partial charge in [-0.25, -0.2) is 8.42 Å². The fraction of sp³-hybridized carbons (Fsp3) is 0.227. The van der Waals surface area contributed by atoms with Crippen LogP contribution >= 0.6 is 0 Å². The van der Waals surface area contributed by atoms with E-state index in [1.807, 2.05) is 78.9 Å². The van der Waals surface area contributed by atoms with Crippen molar-refractivity contribution in [1.29, 1.82) is 0 Å². The van der Waals surface area contributed by atoms with Crippen LogP contribution in [0.2, 0.25) is 0 Å². The molecule has 0 atom stereocenters. The molecule has 0 spiro atoms. The number of benzene rings is 2. The van der Waals surface area contributed by atoms with Crippen LogP contribution in [0.3, 0.4) is 0 Å². The van der Waals surface area contributed by atoms with Gasteiger partial charge >= 0.3 is 0 Å². The predicted octanol–water partition coefficient (Wildman–Crippen LogP) is 3.70. The lowest BCUT2D eigenvalue weighted by Crippen LogP contribution is -2.35.